The summed E-state index contributed by atoms with van der Waals surface area (Å²) in [5.41, 5.74) is 5.76. The van der Waals surface area contributed by atoms with Crippen molar-refractivity contribution in [3.05, 3.63) is 47.0 Å². The number of carbonyl (C=O) groups excluding carboxylic acids is 1. The lowest BCUT2D eigenvalue weighted by molar-refractivity contribution is -0.121. The summed E-state index contributed by atoms with van der Waals surface area (Å²) in [4.78, 5) is 31.1. The lowest BCUT2D eigenvalue weighted by atomic mass is 10.0. The second kappa shape index (κ2) is 11.7. The van der Waals surface area contributed by atoms with E-state index in [4.69, 9.17) is 14.7 Å². The molecule has 3 aromatic heterocycles. The lowest BCUT2D eigenvalue weighted by Crippen LogP contribution is -2.51. The van der Waals surface area contributed by atoms with E-state index in [9.17, 15) is 4.79 Å². The van der Waals surface area contributed by atoms with E-state index >= 15 is 0 Å². The third-order valence-electron chi connectivity index (χ3n) is 8.19. The summed E-state index contributed by atoms with van der Waals surface area (Å²) in [6, 6.07) is 10.8. The predicted molar refractivity (Wildman–Crippen MR) is 167 cm³/mol. The first kappa shape index (κ1) is 26.9. The zero-order chi connectivity index (χ0) is 27.8. The molecule has 0 unspecified atom stereocenters. The molecular weight excluding hydrogens is 555 g/mol. The van der Waals surface area contributed by atoms with Crippen LogP contribution in [0.4, 0.5) is 10.8 Å². The standard InChI is InChI=1S/C30H35N7O2S2/c1-39-15-14-35-12-13-37(27(38)19-35)30-28(22-6-7-32-18-25(22)41-30)29-34-23-4-2-20(16-24(23)40-29)21-3-5-26(33-17-21)36-10-8-31-9-11-36/h2-5,16-17,31-32H,6-15,18-19H2,1H3. The molecule has 2 saturated heterocycles. The Hall–Kier alpha value is -2.93. The van der Waals surface area contributed by atoms with Gasteiger partial charge in [-0.25, -0.2) is 9.97 Å². The molecule has 0 saturated carbocycles. The van der Waals surface area contributed by atoms with Crippen LogP contribution in [0.5, 0.6) is 0 Å². The van der Waals surface area contributed by atoms with Gasteiger partial charge in [0, 0.05) is 81.7 Å². The summed E-state index contributed by atoms with van der Waals surface area (Å²) >= 11 is 3.49. The number of piperazine rings is 2. The monoisotopic (exact) mass is 589 g/mol. The number of amides is 1. The largest absolute Gasteiger partial charge is 0.383 e. The van der Waals surface area contributed by atoms with E-state index in [-0.39, 0.29) is 5.91 Å². The van der Waals surface area contributed by atoms with Crippen molar-refractivity contribution in [2.24, 2.45) is 0 Å². The summed E-state index contributed by atoms with van der Waals surface area (Å²) in [5.74, 6) is 1.19. The van der Waals surface area contributed by atoms with E-state index in [1.54, 1.807) is 29.8 Å². The Labute approximate surface area is 248 Å². The summed E-state index contributed by atoms with van der Waals surface area (Å²) < 4.78 is 6.39. The molecule has 7 rings (SSSR count). The fourth-order valence-corrected chi connectivity index (χ4v) is 8.43. The number of rotatable bonds is 7. The SMILES string of the molecule is COCCN1CCN(c2sc3c(c2-c2nc4ccc(-c5ccc(N6CCNCC6)nc5)cc4s2)CCNC3)C(=O)C1. The fourth-order valence-electron chi connectivity index (χ4n) is 5.93. The number of methoxy groups -OCH3 is 1. The third kappa shape index (κ3) is 5.38. The van der Waals surface area contributed by atoms with Crippen LogP contribution in [-0.4, -0.2) is 93.4 Å². The molecule has 6 heterocycles. The van der Waals surface area contributed by atoms with E-state index in [0.717, 1.165) is 102 Å². The first-order chi connectivity index (χ1) is 20.2. The number of carbonyl (C=O) groups is 1. The van der Waals surface area contributed by atoms with E-state index in [2.05, 4.69) is 50.8 Å². The molecule has 3 aliphatic rings. The van der Waals surface area contributed by atoms with Crippen molar-refractivity contribution in [3.63, 3.8) is 0 Å². The van der Waals surface area contributed by atoms with Gasteiger partial charge in [-0.15, -0.1) is 22.7 Å². The molecule has 214 valence electrons. The number of pyridine rings is 1. The number of hydrogen-bond donors (Lipinski definition) is 2. The minimum atomic E-state index is 0.153. The number of thiazole rings is 1. The average molecular weight is 590 g/mol. The molecule has 0 bridgehead atoms. The van der Waals surface area contributed by atoms with Crippen LogP contribution in [0.25, 0.3) is 31.9 Å². The number of thiophene rings is 1. The number of fused-ring (bicyclic) bond motifs is 2. The molecule has 2 fully saturated rings. The predicted octanol–water partition coefficient (Wildman–Crippen LogP) is 3.44. The highest BCUT2D eigenvalue weighted by Crippen LogP contribution is 2.47. The van der Waals surface area contributed by atoms with Crippen LogP contribution in [0.3, 0.4) is 0 Å². The quantitative estimate of drug-likeness (QED) is 0.339. The summed E-state index contributed by atoms with van der Waals surface area (Å²) in [6.45, 7) is 9.15. The first-order valence-corrected chi connectivity index (χ1v) is 16.0. The van der Waals surface area contributed by atoms with Crippen molar-refractivity contribution in [2.75, 3.05) is 82.4 Å². The van der Waals surface area contributed by atoms with E-state index in [1.807, 2.05) is 11.1 Å². The summed E-state index contributed by atoms with van der Waals surface area (Å²) in [6.07, 6.45) is 2.94. The van der Waals surface area contributed by atoms with Gasteiger partial charge in [-0.05, 0) is 48.4 Å². The van der Waals surface area contributed by atoms with Gasteiger partial charge in [-0.1, -0.05) is 6.07 Å². The van der Waals surface area contributed by atoms with E-state index < -0.39 is 0 Å². The molecule has 41 heavy (non-hydrogen) atoms. The average Bonchev–Trinajstić information content (AvgIpc) is 3.61. The molecule has 0 radical (unpaired) electrons. The Kier molecular flexibility index (Phi) is 7.72. The van der Waals surface area contributed by atoms with Crippen LogP contribution in [0.2, 0.25) is 0 Å². The number of nitrogens with one attached hydrogen (secondary N) is 2. The topological polar surface area (TPSA) is 85.9 Å². The van der Waals surface area contributed by atoms with Gasteiger partial charge >= 0.3 is 0 Å². The van der Waals surface area contributed by atoms with Crippen molar-refractivity contribution in [2.45, 2.75) is 13.0 Å². The maximum atomic E-state index is 13.4. The second-order valence-electron chi connectivity index (χ2n) is 10.8. The van der Waals surface area contributed by atoms with Gasteiger partial charge < -0.3 is 25.2 Å². The highest BCUT2D eigenvalue weighted by Gasteiger charge is 2.32. The summed E-state index contributed by atoms with van der Waals surface area (Å²) in [5, 5.41) is 8.97. The maximum Gasteiger partial charge on any atom is 0.241 e. The fraction of sp³-hybridized carbons (Fsp3) is 0.433. The molecule has 0 aliphatic carbocycles. The van der Waals surface area contributed by atoms with Crippen LogP contribution in [-0.2, 0) is 22.5 Å². The minimum Gasteiger partial charge on any atom is -0.383 e. The minimum absolute atomic E-state index is 0.153. The van der Waals surface area contributed by atoms with Gasteiger partial charge in [-0.3, -0.25) is 9.69 Å². The molecule has 0 atom stereocenters. The van der Waals surface area contributed by atoms with Gasteiger partial charge in [0.15, 0.2) is 0 Å². The van der Waals surface area contributed by atoms with Crippen molar-refractivity contribution in [1.82, 2.24) is 25.5 Å². The van der Waals surface area contributed by atoms with Crippen LogP contribution < -0.4 is 20.4 Å². The smallest absolute Gasteiger partial charge is 0.241 e. The zero-order valence-electron chi connectivity index (χ0n) is 23.3. The molecule has 4 aromatic rings. The Morgan fingerprint density at radius 2 is 1.88 bits per heavy atom. The molecule has 2 N–H and O–H groups in total. The van der Waals surface area contributed by atoms with Gasteiger partial charge in [0.2, 0.25) is 5.91 Å². The third-order valence-corrected chi connectivity index (χ3v) is 10.5. The number of hydrogen-bond acceptors (Lipinski definition) is 10. The normalized spacial score (nSPS) is 18.3. The van der Waals surface area contributed by atoms with Gasteiger partial charge in [-0.2, -0.15) is 0 Å². The molecule has 3 aliphatic heterocycles. The number of ether oxygens (including phenoxy) is 1. The Morgan fingerprint density at radius 3 is 2.68 bits per heavy atom. The van der Waals surface area contributed by atoms with Gasteiger partial charge in [0.1, 0.15) is 15.8 Å². The molecule has 1 amide bonds. The van der Waals surface area contributed by atoms with Crippen LogP contribution in [0, 0.1) is 0 Å². The van der Waals surface area contributed by atoms with E-state index in [1.165, 1.54) is 10.4 Å². The highest BCUT2D eigenvalue weighted by atomic mass is 32.1. The lowest BCUT2D eigenvalue weighted by Gasteiger charge is -2.33. The molecule has 0 spiro atoms. The van der Waals surface area contributed by atoms with Crippen LogP contribution in [0.1, 0.15) is 10.4 Å². The zero-order valence-corrected chi connectivity index (χ0v) is 25.0. The van der Waals surface area contributed by atoms with Crippen LogP contribution in [0.15, 0.2) is 36.5 Å². The molecule has 11 heteroatoms. The Balaban J connectivity index is 1.19. The van der Waals surface area contributed by atoms with Gasteiger partial charge in [0.05, 0.1) is 23.4 Å². The number of anilines is 2. The Bertz CT molecular complexity index is 1540. The van der Waals surface area contributed by atoms with Crippen molar-refractivity contribution < 1.29 is 9.53 Å². The maximum absolute atomic E-state index is 13.4. The van der Waals surface area contributed by atoms with Crippen molar-refractivity contribution in [3.8, 4) is 21.7 Å². The van der Waals surface area contributed by atoms with E-state index in [0.29, 0.717) is 19.7 Å². The second-order valence-corrected chi connectivity index (χ2v) is 12.9. The Morgan fingerprint density at radius 1 is 1.00 bits per heavy atom. The molecular formula is C30H35N7O2S2. The molecule has 9 nitrogen and oxygen atoms in total. The number of aromatic nitrogens is 2. The van der Waals surface area contributed by atoms with Crippen LogP contribution >= 0.6 is 22.7 Å². The highest BCUT2D eigenvalue weighted by molar-refractivity contribution is 7.23. The summed E-state index contributed by atoms with van der Waals surface area (Å²) in [7, 11) is 1.70. The van der Waals surface area contributed by atoms with Crippen molar-refractivity contribution in [1.29, 1.82) is 0 Å². The number of benzene rings is 1. The van der Waals surface area contributed by atoms with Gasteiger partial charge in [0.25, 0.3) is 0 Å². The molecule has 1 aromatic carbocycles. The van der Waals surface area contributed by atoms with Crippen molar-refractivity contribution >= 4 is 49.6 Å². The first-order valence-electron chi connectivity index (χ1n) is 14.4. The number of nitrogens with zero attached hydrogens (tertiary/aromatic N) is 5.